The van der Waals surface area contributed by atoms with Gasteiger partial charge in [-0.05, 0) is 81.9 Å². The molecular weight excluding hydrogens is 979 g/mol. The fourth-order valence-corrected chi connectivity index (χ4v) is 8.46. The molecule has 0 aliphatic rings. The van der Waals surface area contributed by atoms with Crippen molar-refractivity contribution < 1.29 is 33.1 Å². The first-order valence-corrected chi connectivity index (χ1v) is 21.8. The second-order valence-corrected chi connectivity index (χ2v) is 17.9. The predicted octanol–water partition coefficient (Wildman–Crippen LogP) is 15.1. The number of fused-ring (bicyclic) bond motifs is 7. The molecule has 0 bridgehead atoms. The Kier molecular flexibility index (Phi) is 10.6. The molecule has 6 aromatic carbocycles. The molecule has 0 saturated carbocycles. The molecule has 0 atom stereocenters. The van der Waals surface area contributed by atoms with E-state index in [4.69, 9.17) is 22.9 Å². The van der Waals surface area contributed by atoms with Gasteiger partial charge in [0.2, 0.25) is 5.71 Å². The van der Waals surface area contributed by atoms with Gasteiger partial charge in [-0.3, -0.25) is 15.0 Å². The van der Waals surface area contributed by atoms with E-state index in [-0.39, 0.29) is 42.9 Å². The fraction of sp³-hybridized carbons (Fsp3) is 0.193. The third kappa shape index (κ3) is 8.07. The third-order valence-corrected chi connectivity index (χ3v) is 11.8. The minimum atomic E-state index is -2.11. The number of aryl methyl sites for hydroxylation is 1. The number of nitrogens with zero attached hydrogens (tertiary/aromatic N) is 5. The zero-order valence-electron chi connectivity index (χ0n) is 40.3. The molecule has 65 heavy (non-hydrogen) atoms. The molecule has 0 aliphatic heterocycles. The first-order valence-electron chi connectivity index (χ1n) is 23.3. The van der Waals surface area contributed by atoms with Crippen LogP contribution in [0.4, 0.5) is 0 Å². The molecular formula is C57H49IrN5O2-2. The van der Waals surface area contributed by atoms with Crippen molar-refractivity contribution in [1.82, 2.24) is 24.5 Å². The molecule has 8 heteroatoms. The number of imidazole rings is 1. The Hall–Kier alpha value is -6.73. The molecule has 0 amide bonds. The summed E-state index contributed by atoms with van der Waals surface area (Å²) in [6.45, 7) is 13.2. The molecule has 0 unspecified atom stereocenters. The quantitative estimate of drug-likeness (QED) is 0.154. The molecule has 0 saturated heterocycles. The van der Waals surface area contributed by atoms with Crippen molar-refractivity contribution in [3.63, 3.8) is 0 Å². The summed E-state index contributed by atoms with van der Waals surface area (Å²) in [4.78, 5) is 19.0. The fourth-order valence-electron chi connectivity index (χ4n) is 8.46. The maximum absolute atomic E-state index is 7.35. The second-order valence-electron chi connectivity index (χ2n) is 17.9. The molecule has 0 N–H and O–H groups in total. The van der Waals surface area contributed by atoms with Crippen LogP contribution >= 0.6 is 0 Å². The number of aromatic nitrogens is 5. The first-order chi connectivity index (χ1) is 32.1. The smallest absolute Gasteiger partial charge is 0.228 e. The number of pyridine rings is 1. The SMILES string of the molecule is CC(C)c1cc(-c2ccccc2)cc(C(C)C)c1-n1c(-c2[c-]ccc3c2oc2cc4c(nc23)oc2ccccc24)nc2ccccc21.[2H]C([2H])([2H])c1c[c-]c(-c2nccc(C(C)(C)C)n2)cc1.[Ir]. The molecule has 5 aromatic heterocycles. The van der Waals surface area contributed by atoms with Crippen LogP contribution in [-0.2, 0) is 25.5 Å². The van der Waals surface area contributed by atoms with Crippen LogP contribution in [0.1, 0.15) is 86.8 Å². The van der Waals surface area contributed by atoms with Crippen molar-refractivity contribution >= 4 is 55.2 Å². The molecule has 0 aliphatic carbocycles. The van der Waals surface area contributed by atoms with E-state index < -0.39 is 6.85 Å². The summed E-state index contributed by atoms with van der Waals surface area (Å²) < 4.78 is 37.2. The third-order valence-electron chi connectivity index (χ3n) is 11.8. The first kappa shape index (κ1) is 39.8. The van der Waals surface area contributed by atoms with Gasteiger partial charge < -0.3 is 13.4 Å². The van der Waals surface area contributed by atoms with Crippen LogP contribution < -0.4 is 0 Å². The molecule has 0 fully saturated rings. The predicted molar refractivity (Wildman–Crippen MR) is 261 cm³/mol. The summed E-state index contributed by atoms with van der Waals surface area (Å²) in [5.41, 5.74) is 14.4. The molecule has 11 rings (SSSR count). The monoisotopic (exact) mass is 1030 g/mol. The average molecular weight is 1030 g/mol. The van der Waals surface area contributed by atoms with Gasteiger partial charge in [-0.2, -0.15) is 0 Å². The molecule has 7 nitrogen and oxygen atoms in total. The van der Waals surface area contributed by atoms with Crippen LogP contribution in [0.3, 0.4) is 0 Å². The number of furan rings is 2. The van der Waals surface area contributed by atoms with Gasteiger partial charge in [-0.25, -0.2) is 4.98 Å². The van der Waals surface area contributed by atoms with Crippen LogP contribution in [0.2, 0.25) is 0 Å². The zero-order valence-corrected chi connectivity index (χ0v) is 39.7. The summed E-state index contributed by atoms with van der Waals surface area (Å²) in [5, 5.41) is 2.86. The standard InChI is InChI=1S/C42H32N3O2.C15H17N2.Ir/c1-24(2)31-21-27(26-13-6-5-7-14-26)22-32(25(3)4)39(31)45-35-19-10-9-18-34(35)43-41(45)30-17-12-16-29-38-37(46-40(29)30)23-33-28-15-8-11-20-36(28)47-42(33)44-38;1-11-5-7-12(8-6-11)14-16-10-9-13(17-14)15(2,3)4;/h5-16,18-25H,1-4H3;5-7,9-10H,1-4H3;/q2*-1;/i;1D3;. The number of rotatable bonds is 6. The summed E-state index contributed by atoms with van der Waals surface area (Å²) in [6.07, 6.45) is 1.72. The van der Waals surface area contributed by atoms with E-state index in [9.17, 15) is 0 Å². The Labute approximate surface area is 397 Å². The summed E-state index contributed by atoms with van der Waals surface area (Å²) in [7, 11) is 0. The van der Waals surface area contributed by atoms with Crippen LogP contribution in [0.15, 0.2) is 148 Å². The molecule has 11 aromatic rings. The van der Waals surface area contributed by atoms with Crippen molar-refractivity contribution in [2.75, 3.05) is 0 Å². The Morgan fingerprint density at radius 1 is 0.677 bits per heavy atom. The summed E-state index contributed by atoms with van der Waals surface area (Å²) in [5.74, 6) is 1.89. The van der Waals surface area contributed by atoms with Crippen molar-refractivity contribution in [3.8, 4) is 39.6 Å². The number of hydrogen-bond acceptors (Lipinski definition) is 6. The Morgan fingerprint density at radius 3 is 2.14 bits per heavy atom. The van der Waals surface area contributed by atoms with E-state index in [1.165, 1.54) is 34.0 Å². The topological polar surface area (TPSA) is 82.8 Å². The van der Waals surface area contributed by atoms with Gasteiger partial charge in [0.15, 0.2) is 0 Å². The Balaban J connectivity index is 0.000000232. The van der Waals surface area contributed by atoms with Crippen molar-refractivity contribution in [3.05, 3.63) is 174 Å². The Morgan fingerprint density at radius 2 is 1.42 bits per heavy atom. The van der Waals surface area contributed by atoms with Crippen LogP contribution in [0, 0.1) is 19.0 Å². The van der Waals surface area contributed by atoms with Crippen LogP contribution in [0.5, 0.6) is 0 Å². The van der Waals surface area contributed by atoms with Crippen molar-refractivity contribution in [1.29, 1.82) is 0 Å². The van der Waals surface area contributed by atoms with Gasteiger partial charge >= 0.3 is 0 Å². The van der Waals surface area contributed by atoms with E-state index in [2.05, 4.69) is 142 Å². The Bertz CT molecular complexity index is 3590. The summed E-state index contributed by atoms with van der Waals surface area (Å²) >= 11 is 0. The molecule has 1 radical (unpaired) electrons. The maximum Gasteiger partial charge on any atom is 0.228 e. The minimum Gasteiger partial charge on any atom is -0.499 e. The largest absolute Gasteiger partial charge is 0.499 e. The summed E-state index contributed by atoms with van der Waals surface area (Å²) in [6, 6.07) is 50.9. The minimum absolute atomic E-state index is 0. The van der Waals surface area contributed by atoms with E-state index >= 15 is 0 Å². The second kappa shape index (κ2) is 17.3. The van der Waals surface area contributed by atoms with Gasteiger partial charge in [0.25, 0.3) is 0 Å². The van der Waals surface area contributed by atoms with Gasteiger partial charge in [0.1, 0.15) is 16.7 Å². The van der Waals surface area contributed by atoms with Crippen molar-refractivity contribution in [2.24, 2.45) is 0 Å². The number of para-hydroxylation sites is 3. The van der Waals surface area contributed by atoms with Crippen LogP contribution in [-0.4, -0.2) is 24.5 Å². The van der Waals surface area contributed by atoms with Crippen LogP contribution in [0.25, 0.3) is 94.8 Å². The van der Waals surface area contributed by atoms with Gasteiger partial charge in [0, 0.05) is 52.6 Å². The molecule has 0 spiro atoms. The van der Waals surface area contributed by atoms with E-state index in [0.29, 0.717) is 28.3 Å². The molecule has 325 valence electrons. The van der Waals surface area contributed by atoms with Gasteiger partial charge in [0.05, 0.1) is 33.7 Å². The molecule has 5 heterocycles. The van der Waals surface area contributed by atoms with E-state index in [1.807, 2.05) is 48.5 Å². The average Bonchev–Trinajstić information content (AvgIpc) is 4.01. The number of hydrogen-bond donors (Lipinski definition) is 0. The number of benzene rings is 6. The van der Waals surface area contributed by atoms with E-state index in [0.717, 1.165) is 55.4 Å². The zero-order chi connectivity index (χ0) is 46.8. The normalized spacial score (nSPS) is 12.7. The van der Waals surface area contributed by atoms with E-state index in [1.54, 1.807) is 18.3 Å². The van der Waals surface area contributed by atoms with Gasteiger partial charge in [-0.15, -0.1) is 53.6 Å². The maximum atomic E-state index is 7.35. The van der Waals surface area contributed by atoms with Gasteiger partial charge in [-0.1, -0.05) is 122 Å². The van der Waals surface area contributed by atoms with Crippen molar-refractivity contribution in [2.45, 2.75) is 72.6 Å².